The van der Waals surface area contributed by atoms with Crippen molar-refractivity contribution in [2.24, 2.45) is 0 Å². The normalized spacial score (nSPS) is 10.8. The van der Waals surface area contributed by atoms with Gasteiger partial charge in [-0.15, -0.1) is 0 Å². The third kappa shape index (κ3) is 3.25. The van der Waals surface area contributed by atoms with Crippen LogP contribution in [0.3, 0.4) is 0 Å². The Bertz CT molecular complexity index is 771. The Morgan fingerprint density at radius 3 is 2.55 bits per heavy atom. The molecule has 0 heterocycles. The van der Waals surface area contributed by atoms with Gasteiger partial charge < -0.3 is 15.6 Å². The molecule has 0 atom stereocenters. The number of hydrogen-bond donors (Lipinski definition) is 2. The molecule has 3 N–H and O–H groups in total. The van der Waals surface area contributed by atoms with Gasteiger partial charge in [-0.2, -0.15) is 5.26 Å². The highest BCUT2D eigenvalue weighted by Gasteiger charge is 2.12. The molecule has 5 nitrogen and oxygen atoms in total. The Balaban J connectivity index is 2.37. The average Bonchev–Trinajstić information content (AvgIpc) is 2.54. The summed E-state index contributed by atoms with van der Waals surface area (Å²) in [4.78, 5) is 12.3. The molecule has 2 aromatic carbocycles. The van der Waals surface area contributed by atoms with E-state index in [9.17, 15) is 15.2 Å². The maximum atomic E-state index is 12.3. The molecule has 0 aliphatic carbocycles. The zero-order valence-corrected chi connectivity index (χ0v) is 11.9. The first-order valence-corrected chi connectivity index (χ1v) is 6.44. The highest BCUT2D eigenvalue weighted by molar-refractivity contribution is 6.14. The Hall–Kier alpha value is -3.26. The van der Waals surface area contributed by atoms with Gasteiger partial charge in [-0.25, -0.2) is 0 Å². The molecule has 0 radical (unpaired) electrons. The van der Waals surface area contributed by atoms with E-state index in [4.69, 9.17) is 10.5 Å². The van der Waals surface area contributed by atoms with Crippen molar-refractivity contribution in [3.05, 3.63) is 59.2 Å². The van der Waals surface area contributed by atoms with E-state index in [-0.39, 0.29) is 17.1 Å². The van der Waals surface area contributed by atoms with Crippen LogP contribution in [0.5, 0.6) is 11.5 Å². The third-order valence-electron chi connectivity index (χ3n) is 3.05. The molecular weight excluding hydrogens is 280 g/mol. The highest BCUT2D eigenvalue weighted by atomic mass is 16.5. The number of nitrogen functional groups attached to an aromatic ring is 1. The quantitative estimate of drug-likeness (QED) is 0.391. The lowest BCUT2D eigenvalue weighted by molar-refractivity contribution is 0.104. The van der Waals surface area contributed by atoms with Gasteiger partial charge in [0.25, 0.3) is 0 Å². The van der Waals surface area contributed by atoms with Crippen molar-refractivity contribution in [1.29, 1.82) is 5.26 Å². The van der Waals surface area contributed by atoms with Gasteiger partial charge in [0.05, 0.1) is 7.11 Å². The van der Waals surface area contributed by atoms with Crippen molar-refractivity contribution in [1.82, 2.24) is 0 Å². The van der Waals surface area contributed by atoms with Crippen molar-refractivity contribution in [2.45, 2.75) is 0 Å². The van der Waals surface area contributed by atoms with Crippen LogP contribution < -0.4 is 10.5 Å². The zero-order chi connectivity index (χ0) is 16.1. The number of nitrogens with zero attached hydrogens (tertiary/aromatic N) is 1. The van der Waals surface area contributed by atoms with E-state index < -0.39 is 5.78 Å². The number of nitrogens with two attached hydrogens (primary N) is 1. The van der Waals surface area contributed by atoms with Crippen LogP contribution in [-0.4, -0.2) is 18.0 Å². The molecule has 0 aromatic heterocycles. The Morgan fingerprint density at radius 2 is 1.95 bits per heavy atom. The molecular formula is C17H14N2O3. The fourth-order valence-corrected chi connectivity index (χ4v) is 1.89. The van der Waals surface area contributed by atoms with Crippen LogP contribution in [0.25, 0.3) is 6.08 Å². The molecule has 0 spiro atoms. The number of aromatic hydroxyl groups is 1. The molecule has 0 unspecified atom stereocenters. The second-order valence-corrected chi connectivity index (χ2v) is 4.55. The topological polar surface area (TPSA) is 96.3 Å². The number of carbonyl (C=O) groups is 1. The second-order valence-electron chi connectivity index (χ2n) is 4.55. The summed E-state index contributed by atoms with van der Waals surface area (Å²) in [5.41, 5.74) is 7.07. The molecule has 0 amide bonds. The van der Waals surface area contributed by atoms with Gasteiger partial charge >= 0.3 is 0 Å². The highest BCUT2D eigenvalue weighted by Crippen LogP contribution is 2.27. The van der Waals surface area contributed by atoms with E-state index in [0.717, 1.165) is 0 Å². The van der Waals surface area contributed by atoms with Crippen LogP contribution in [0.2, 0.25) is 0 Å². The molecule has 0 fully saturated rings. The van der Waals surface area contributed by atoms with Crippen LogP contribution in [0.15, 0.2) is 48.0 Å². The van der Waals surface area contributed by atoms with E-state index in [1.165, 1.54) is 19.3 Å². The summed E-state index contributed by atoms with van der Waals surface area (Å²) >= 11 is 0. The summed E-state index contributed by atoms with van der Waals surface area (Å²) in [7, 11) is 1.42. The number of carbonyl (C=O) groups excluding carboxylic acids is 1. The van der Waals surface area contributed by atoms with Crippen molar-refractivity contribution >= 4 is 17.5 Å². The van der Waals surface area contributed by atoms with Crippen molar-refractivity contribution in [3.8, 4) is 17.6 Å². The number of hydrogen-bond acceptors (Lipinski definition) is 5. The largest absolute Gasteiger partial charge is 0.504 e. The van der Waals surface area contributed by atoms with E-state index in [1.54, 1.807) is 36.4 Å². The molecule has 0 bridgehead atoms. The first-order valence-electron chi connectivity index (χ1n) is 6.44. The first-order chi connectivity index (χ1) is 10.5. The molecule has 0 aliphatic rings. The summed E-state index contributed by atoms with van der Waals surface area (Å²) in [6.07, 6.45) is 1.45. The summed E-state index contributed by atoms with van der Waals surface area (Å²) in [5.74, 6) is -0.136. The summed E-state index contributed by atoms with van der Waals surface area (Å²) in [5, 5.41) is 18.8. The molecule has 2 aromatic rings. The van der Waals surface area contributed by atoms with E-state index >= 15 is 0 Å². The lowest BCUT2D eigenvalue weighted by Crippen LogP contribution is -2.02. The number of Topliss-reactive ketones (excluding diaryl/α,β-unsaturated/α-hetero) is 1. The number of nitriles is 1. The number of phenols is 1. The minimum absolute atomic E-state index is 0.0111. The molecule has 0 saturated heterocycles. The van der Waals surface area contributed by atoms with Crippen LogP contribution in [-0.2, 0) is 0 Å². The Labute approximate surface area is 127 Å². The number of phenolic OH excluding ortho intramolecular Hbond substituents is 1. The molecule has 22 heavy (non-hydrogen) atoms. The van der Waals surface area contributed by atoms with Gasteiger partial charge in [0.1, 0.15) is 11.6 Å². The van der Waals surface area contributed by atoms with E-state index in [2.05, 4.69) is 0 Å². The minimum atomic E-state index is -0.394. The first kappa shape index (κ1) is 15.1. The minimum Gasteiger partial charge on any atom is -0.504 e. The summed E-state index contributed by atoms with van der Waals surface area (Å²) in [6, 6.07) is 12.8. The number of methoxy groups -OCH3 is 1. The summed E-state index contributed by atoms with van der Waals surface area (Å²) < 4.78 is 5.00. The van der Waals surface area contributed by atoms with Gasteiger partial charge in [0, 0.05) is 11.3 Å². The fourth-order valence-electron chi connectivity index (χ4n) is 1.89. The number of ketones is 1. The maximum absolute atomic E-state index is 12.3. The number of anilines is 1. The second kappa shape index (κ2) is 6.46. The molecule has 0 aliphatic heterocycles. The maximum Gasteiger partial charge on any atom is 0.203 e. The van der Waals surface area contributed by atoms with Gasteiger partial charge in [-0.05, 0) is 48.0 Å². The smallest absolute Gasteiger partial charge is 0.203 e. The third-order valence-corrected chi connectivity index (χ3v) is 3.05. The van der Waals surface area contributed by atoms with Crippen LogP contribution in [0, 0.1) is 11.3 Å². The van der Waals surface area contributed by atoms with E-state index in [1.807, 2.05) is 6.07 Å². The fraction of sp³-hybridized carbons (Fsp3) is 0.0588. The number of benzene rings is 2. The standard InChI is InChI=1S/C17H14N2O3/c1-22-16-9-11(2-7-15(16)20)8-13(10-18)17(21)12-3-5-14(19)6-4-12/h2-9,20H,19H2,1H3. The van der Waals surface area contributed by atoms with Gasteiger partial charge in [0.15, 0.2) is 11.5 Å². The average molecular weight is 294 g/mol. The molecule has 110 valence electrons. The molecule has 2 rings (SSSR count). The number of allylic oxidation sites excluding steroid dienone is 1. The van der Waals surface area contributed by atoms with E-state index in [0.29, 0.717) is 16.8 Å². The number of rotatable bonds is 4. The predicted molar refractivity (Wildman–Crippen MR) is 83.4 cm³/mol. The SMILES string of the molecule is COc1cc(C=C(C#N)C(=O)c2ccc(N)cc2)ccc1O. The zero-order valence-electron chi connectivity index (χ0n) is 11.9. The lowest BCUT2D eigenvalue weighted by Gasteiger charge is -2.04. The summed E-state index contributed by atoms with van der Waals surface area (Å²) in [6.45, 7) is 0. The monoisotopic (exact) mass is 294 g/mol. The Morgan fingerprint density at radius 1 is 1.27 bits per heavy atom. The lowest BCUT2D eigenvalue weighted by atomic mass is 10.0. The van der Waals surface area contributed by atoms with Crippen molar-refractivity contribution < 1.29 is 14.6 Å². The van der Waals surface area contributed by atoms with Gasteiger partial charge in [0.2, 0.25) is 5.78 Å². The van der Waals surface area contributed by atoms with Gasteiger partial charge in [-0.1, -0.05) is 6.07 Å². The van der Waals surface area contributed by atoms with Gasteiger partial charge in [-0.3, -0.25) is 4.79 Å². The Kier molecular flexibility index (Phi) is 4.44. The predicted octanol–water partition coefficient (Wildman–Crippen LogP) is 2.77. The molecule has 0 saturated carbocycles. The van der Waals surface area contributed by atoms with Crippen LogP contribution in [0.1, 0.15) is 15.9 Å². The number of ether oxygens (including phenoxy) is 1. The van der Waals surface area contributed by atoms with Crippen molar-refractivity contribution in [3.63, 3.8) is 0 Å². The van der Waals surface area contributed by atoms with Crippen molar-refractivity contribution in [2.75, 3.05) is 12.8 Å². The molecule has 5 heteroatoms. The van der Waals surface area contributed by atoms with Crippen LogP contribution >= 0.6 is 0 Å². The van der Waals surface area contributed by atoms with Crippen LogP contribution in [0.4, 0.5) is 5.69 Å².